The van der Waals surface area contributed by atoms with Gasteiger partial charge in [0.1, 0.15) is 12.8 Å². The van der Waals surface area contributed by atoms with Crippen LogP contribution in [0.1, 0.15) is 60.3 Å². The Balaban J connectivity index is 1.54. The summed E-state index contributed by atoms with van der Waals surface area (Å²) in [5.41, 5.74) is 2.11. The first kappa shape index (κ1) is 18.5. The summed E-state index contributed by atoms with van der Waals surface area (Å²) in [7, 11) is 0. The van der Waals surface area contributed by atoms with Gasteiger partial charge in [0.05, 0.1) is 5.56 Å². The van der Waals surface area contributed by atoms with Crippen LogP contribution in [0.15, 0.2) is 53.7 Å². The third-order valence-electron chi connectivity index (χ3n) is 4.71. The van der Waals surface area contributed by atoms with Gasteiger partial charge in [-0.25, -0.2) is 0 Å². The number of rotatable bonds is 5. The first-order valence-corrected chi connectivity index (χ1v) is 8.86. The van der Waals surface area contributed by atoms with E-state index >= 15 is 0 Å². The largest absolute Gasteiger partial charge is 0.416 e. The smallest absolute Gasteiger partial charge is 0.390 e. The number of hydrogen-bond donors (Lipinski definition) is 0. The molecule has 137 valence electrons. The minimum Gasteiger partial charge on any atom is -0.390 e. The van der Waals surface area contributed by atoms with Crippen LogP contribution in [0.25, 0.3) is 0 Å². The fraction of sp³-hybridized carbons (Fsp3) is 0.381. The Labute approximate surface area is 151 Å². The zero-order valence-electron chi connectivity index (χ0n) is 14.4. The molecule has 1 aliphatic carbocycles. The highest BCUT2D eigenvalue weighted by atomic mass is 19.4. The second-order valence-electron chi connectivity index (χ2n) is 6.63. The third kappa shape index (κ3) is 5.10. The van der Waals surface area contributed by atoms with E-state index in [4.69, 9.17) is 4.84 Å². The maximum Gasteiger partial charge on any atom is 0.416 e. The highest BCUT2D eigenvalue weighted by Gasteiger charge is 2.29. The summed E-state index contributed by atoms with van der Waals surface area (Å²) < 4.78 is 37.6. The zero-order chi connectivity index (χ0) is 18.4. The van der Waals surface area contributed by atoms with Gasteiger partial charge in [0, 0.05) is 5.56 Å². The molecule has 0 bridgehead atoms. The lowest BCUT2D eigenvalue weighted by Crippen LogP contribution is -2.04. The van der Waals surface area contributed by atoms with Crippen molar-refractivity contribution in [3.8, 4) is 0 Å². The van der Waals surface area contributed by atoms with Crippen molar-refractivity contribution in [3.05, 3.63) is 70.8 Å². The average Bonchev–Trinajstić information content (AvgIpc) is 2.66. The fourth-order valence-corrected chi connectivity index (χ4v) is 3.28. The Kier molecular flexibility index (Phi) is 5.96. The molecule has 1 radical (unpaired) electrons. The van der Waals surface area contributed by atoms with Crippen LogP contribution in [0.2, 0.25) is 0 Å². The van der Waals surface area contributed by atoms with Crippen molar-refractivity contribution >= 4 is 6.21 Å². The van der Waals surface area contributed by atoms with Crippen molar-refractivity contribution in [2.45, 2.75) is 50.8 Å². The number of nitrogens with zero attached hydrogens (tertiary/aromatic N) is 1. The average molecular weight is 360 g/mol. The summed E-state index contributed by atoms with van der Waals surface area (Å²) in [6, 6.07) is 13.0. The molecule has 1 saturated carbocycles. The van der Waals surface area contributed by atoms with E-state index in [9.17, 15) is 13.2 Å². The van der Waals surface area contributed by atoms with E-state index in [2.05, 4.69) is 23.5 Å². The van der Waals surface area contributed by atoms with E-state index < -0.39 is 11.7 Å². The molecule has 0 atom stereocenters. The second kappa shape index (κ2) is 8.39. The lowest BCUT2D eigenvalue weighted by atomic mass is 9.84. The number of halogens is 3. The predicted octanol–water partition coefficient (Wildman–Crippen LogP) is 6.18. The van der Waals surface area contributed by atoms with Gasteiger partial charge < -0.3 is 4.84 Å². The Hall–Kier alpha value is -2.30. The molecule has 1 aliphatic rings. The molecule has 1 fully saturated rings. The topological polar surface area (TPSA) is 21.6 Å². The molecule has 26 heavy (non-hydrogen) atoms. The molecule has 0 heterocycles. The van der Waals surface area contributed by atoms with E-state index in [1.165, 1.54) is 49.8 Å². The minimum atomic E-state index is -4.32. The maximum atomic E-state index is 12.5. The lowest BCUT2D eigenvalue weighted by molar-refractivity contribution is -0.137. The Bertz CT molecular complexity index is 732. The summed E-state index contributed by atoms with van der Waals surface area (Å²) in [6.07, 6.45) is 4.86. The van der Waals surface area contributed by atoms with Crippen molar-refractivity contribution in [2.75, 3.05) is 0 Å². The number of benzene rings is 2. The molecule has 0 spiro atoms. The van der Waals surface area contributed by atoms with E-state index in [0.29, 0.717) is 11.5 Å². The van der Waals surface area contributed by atoms with Gasteiger partial charge in [-0.15, -0.1) is 0 Å². The standard InChI is InChI=1S/C21H21F3NO/c22-21(23,24)20-11-9-16(10-12-20)15-26-25-14-17-5-4-8-19(13-17)18-6-2-1-3-7-18/h4-5,8-13,18H,1-3,6-7,15H2. The van der Waals surface area contributed by atoms with Crippen LogP contribution in [-0.2, 0) is 17.6 Å². The van der Waals surface area contributed by atoms with Gasteiger partial charge >= 0.3 is 6.18 Å². The quantitative estimate of drug-likeness (QED) is 0.461. The normalized spacial score (nSPS) is 16.1. The van der Waals surface area contributed by atoms with Crippen LogP contribution >= 0.6 is 0 Å². The molecule has 0 N–H and O–H groups in total. The minimum absolute atomic E-state index is 0.105. The van der Waals surface area contributed by atoms with Crippen LogP contribution in [0.4, 0.5) is 13.2 Å². The molecule has 0 aromatic heterocycles. The molecule has 0 amide bonds. The van der Waals surface area contributed by atoms with Crippen molar-refractivity contribution in [1.82, 2.24) is 0 Å². The summed E-state index contributed by atoms with van der Waals surface area (Å²) in [5, 5.41) is 3.82. The number of alkyl halides is 3. The van der Waals surface area contributed by atoms with Crippen molar-refractivity contribution in [2.24, 2.45) is 5.16 Å². The molecule has 5 heteroatoms. The van der Waals surface area contributed by atoms with Gasteiger partial charge in [0.25, 0.3) is 0 Å². The fourth-order valence-electron chi connectivity index (χ4n) is 3.28. The van der Waals surface area contributed by atoms with Gasteiger partial charge in [-0.1, -0.05) is 54.8 Å². The predicted molar refractivity (Wildman–Crippen MR) is 95.0 cm³/mol. The lowest BCUT2D eigenvalue weighted by Gasteiger charge is -2.22. The van der Waals surface area contributed by atoms with Gasteiger partial charge in [-0.2, -0.15) is 13.2 Å². The third-order valence-corrected chi connectivity index (χ3v) is 4.71. The highest BCUT2D eigenvalue weighted by molar-refractivity contribution is 5.79. The molecule has 2 aromatic carbocycles. The van der Waals surface area contributed by atoms with Crippen LogP contribution in [-0.4, -0.2) is 6.21 Å². The summed E-state index contributed by atoms with van der Waals surface area (Å²) in [5.74, 6) is 0.610. The molecule has 3 rings (SSSR count). The van der Waals surface area contributed by atoms with Crippen LogP contribution in [0.3, 0.4) is 0 Å². The van der Waals surface area contributed by atoms with Crippen LogP contribution < -0.4 is 0 Å². The Morgan fingerprint density at radius 3 is 2.42 bits per heavy atom. The molecule has 0 aliphatic heterocycles. The molecular weight excluding hydrogens is 339 g/mol. The van der Waals surface area contributed by atoms with Crippen LogP contribution in [0.5, 0.6) is 0 Å². The van der Waals surface area contributed by atoms with Gasteiger partial charge in [-0.3, -0.25) is 0 Å². The van der Waals surface area contributed by atoms with E-state index in [-0.39, 0.29) is 6.61 Å². The SMILES string of the molecule is FC(F)(F)c1ccc(CO/N=[C]\c2cccc(C3CCCCC3)c2)cc1. The van der Waals surface area contributed by atoms with Gasteiger partial charge in [-0.05, 0) is 48.1 Å². The van der Waals surface area contributed by atoms with Gasteiger partial charge in [0.15, 0.2) is 0 Å². The summed E-state index contributed by atoms with van der Waals surface area (Å²) in [4.78, 5) is 5.17. The summed E-state index contributed by atoms with van der Waals surface area (Å²) in [6.45, 7) is 0.105. The summed E-state index contributed by atoms with van der Waals surface area (Å²) >= 11 is 0. The molecule has 0 saturated heterocycles. The van der Waals surface area contributed by atoms with E-state index in [1.807, 2.05) is 12.1 Å². The first-order chi connectivity index (χ1) is 12.5. The number of hydrogen-bond acceptors (Lipinski definition) is 2. The van der Waals surface area contributed by atoms with Gasteiger partial charge in [0.2, 0.25) is 0 Å². The molecular formula is C21H21F3NO. The first-order valence-electron chi connectivity index (χ1n) is 8.86. The van der Waals surface area contributed by atoms with Crippen molar-refractivity contribution in [3.63, 3.8) is 0 Å². The Morgan fingerprint density at radius 1 is 1.00 bits per heavy atom. The molecule has 2 aromatic rings. The van der Waals surface area contributed by atoms with E-state index in [1.54, 1.807) is 0 Å². The zero-order valence-corrected chi connectivity index (χ0v) is 14.4. The molecule has 0 unspecified atom stereocenters. The molecule has 2 nitrogen and oxygen atoms in total. The Morgan fingerprint density at radius 2 is 1.73 bits per heavy atom. The van der Waals surface area contributed by atoms with Crippen LogP contribution in [0, 0.1) is 0 Å². The van der Waals surface area contributed by atoms with E-state index in [0.717, 1.165) is 17.7 Å². The maximum absolute atomic E-state index is 12.5. The highest BCUT2D eigenvalue weighted by Crippen LogP contribution is 2.32. The monoisotopic (exact) mass is 360 g/mol. The van der Waals surface area contributed by atoms with Crippen molar-refractivity contribution in [1.29, 1.82) is 0 Å². The van der Waals surface area contributed by atoms with Crippen molar-refractivity contribution < 1.29 is 18.0 Å². The second-order valence-corrected chi connectivity index (χ2v) is 6.63.